The van der Waals surface area contributed by atoms with Gasteiger partial charge in [0.25, 0.3) is 5.01 Å². The number of benzene rings is 2. The number of aryl methyl sites for hydroxylation is 1. The van der Waals surface area contributed by atoms with E-state index in [0.29, 0.717) is 0 Å². The molecule has 3 aromatic rings. The van der Waals surface area contributed by atoms with Crippen LogP contribution in [0.2, 0.25) is 0 Å². The van der Waals surface area contributed by atoms with Crippen molar-refractivity contribution in [2.24, 2.45) is 0 Å². The van der Waals surface area contributed by atoms with Crippen molar-refractivity contribution in [3.63, 3.8) is 0 Å². The van der Waals surface area contributed by atoms with E-state index in [1.165, 1.54) is 43.5 Å². The zero-order valence-electron chi connectivity index (χ0n) is 16.0. The van der Waals surface area contributed by atoms with E-state index in [1.54, 1.807) is 0 Å². The number of hydrogen-bond donors (Lipinski definition) is 0. The molecule has 2 aromatic carbocycles. The molecule has 0 spiro atoms. The number of nitrogens with zero attached hydrogens (tertiary/aromatic N) is 2. The minimum atomic E-state index is 0.982. The highest BCUT2D eigenvalue weighted by Gasteiger charge is 2.24. The standard InChI is InChI=1S/C22H21I2N2S2/c1-4-25-17-8-6-15(23)12-19(17)27-21(25)10-14(3)11-22-26(5-2)18-9-7-16(24)13-20(18)28-22/h6-13H,4-5H2,1-3H3/q+1. The summed E-state index contributed by atoms with van der Waals surface area (Å²) in [4.78, 5) is 3.77. The Morgan fingerprint density at radius 1 is 1.11 bits per heavy atom. The summed E-state index contributed by atoms with van der Waals surface area (Å²) < 4.78 is 6.34. The van der Waals surface area contributed by atoms with Gasteiger partial charge in [0.15, 0.2) is 0 Å². The van der Waals surface area contributed by atoms with E-state index in [4.69, 9.17) is 0 Å². The average Bonchev–Trinajstić information content (AvgIpc) is 3.16. The number of anilines is 1. The van der Waals surface area contributed by atoms with Crippen molar-refractivity contribution >= 4 is 90.3 Å². The number of halogens is 2. The van der Waals surface area contributed by atoms with Crippen LogP contribution < -0.4 is 9.47 Å². The number of allylic oxidation sites excluding steroid dienone is 2. The Morgan fingerprint density at radius 2 is 1.86 bits per heavy atom. The first-order chi connectivity index (χ1) is 13.5. The van der Waals surface area contributed by atoms with Gasteiger partial charge < -0.3 is 4.90 Å². The maximum Gasteiger partial charge on any atom is 0.262 e. The molecular weight excluding hydrogens is 610 g/mol. The highest BCUT2D eigenvalue weighted by molar-refractivity contribution is 14.1. The minimum absolute atomic E-state index is 0.982. The summed E-state index contributed by atoms with van der Waals surface area (Å²) in [5.74, 6) is 0. The third kappa shape index (κ3) is 4.02. The Morgan fingerprint density at radius 3 is 2.61 bits per heavy atom. The van der Waals surface area contributed by atoms with Crippen LogP contribution in [0.5, 0.6) is 0 Å². The van der Waals surface area contributed by atoms with Crippen molar-refractivity contribution in [3.8, 4) is 0 Å². The maximum atomic E-state index is 2.41. The first-order valence-corrected chi connectivity index (χ1v) is 13.1. The number of fused-ring (bicyclic) bond motifs is 2. The maximum absolute atomic E-state index is 2.41. The summed E-state index contributed by atoms with van der Waals surface area (Å²) >= 11 is 8.54. The van der Waals surface area contributed by atoms with Crippen LogP contribution in [0, 0.1) is 7.14 Å². The quantitative estimate of drug-likeness (QED) is 0.221. The lowest BCUT2D eigenvalue weighted by molar-refractivity contribution is -0.665. The van der Waals surface area contributed by atoms with Gasteiger partial charge in [0, 0.05) is 30.7 Å². The summed E-state index contributed by atoms with van der Waals surface area (Å²) in [7, 11) is 0. The van der Waals surface area contributed by atoms with Crippen LogP contribution in [0.4, 0.5) is 5.69 Å². The molecule has 0 N–H and O–H groups in total. The summed E-state index contributed by atoms with van der Waals surface area (Å²) in [6.07, 6.45) is 4.66. The van der Waals surface area contributed by atoms with Gasteiger partial charge in [0.1, 0.15) is 11.2 Å². The zero-order valence-corrected chi connectivity index (χ0v) is 21.9. The molecule has 1 aliphatic rings. The van der Waals surface area contributed by atoms with E-state index in [9.17, 15) is 0 Å². The normalized spacial score (nSPS) is 15.7. The van der Waals surface area contributed by atoms with Crippen molar-refractivity contribution in [1.82, 2.24) is 0 Å². The Hall–Kier alpha value is -0.580. The topological polar surface area (TPSA) is 7.12 Å². The zero-order chi connectivity index (χ0) is 19.8. The lowest BCUT2D eigenvalue weighted by atomic mass is 10.2. The van der Waals surface area contributed by atoms with Crippen molar-refractivity contribution in [2.75, 3.05) is 11.4 Å². The molecule has 6 heteroatoms. The van der Waals surface area contributed by atoms with E-state index in [0.717, 1.165) is 13.1 Å². The van der Waals surface area contributed by atoms with Crippen LogP contribution in [0.15, 0.2) is 58.0 Å². The van der Waals surface area contributed by atoms with Crippen LogP contribution in [0.3, 0.4) is 0 Å². The van der Waals surface area contributed by atoms with E-state index < -0.39 is 0 Å². The molecule has 0 unspecified atom stereocenters. The lowest BCUT2D eigenvalue weighted by Gasteiger charge is -2.18. The molecule has 28 heavy (non-hydrogen) atoms. The summed E-state index contributed by atoms with van der Waals surface area (Å²) in [6.45, 7) is 8.62. The smallest absolute Gasteiger partial charge is 0.262 e. The van der Waals surface area contributed by atoms with Gasteiger partial charge in [-0.1, -0.05) is 23.1 Å². The van der Waals surface area contributed by atoms with Crippen LogP contribution in [-0.2, 0) is 6.54 Å². The second kappa shape index (κ2) is 8.65. The molecule has 2 heterocycles. The Labute approximate surface area is 202 Å². The molecule has 2 nitrogen and oxygen atoms in total. The highest BCUT2D eigenvalue weighted by atomic mass is 127. The average molecular weight is 631 g/mol. The third-order valence-electron chi connectivity index (χ3n) is 4.72. The first-order valence-electron chi connectivity index (χ1n) is 9.27. The number of rotatable bonds is 4. The second-order valence-electron chi connectivity index (χ2n) is 6.63. The molecule has 0 radical (unpaired) electrons. The number of hydrogen-bond acceptors (Lipinski definition) is 3. The van der Waals surface area contributed by atoms with E-state index in [1.807, 2.05) is 23.1 Å². The Balaban J connectivity index is 1.71. The van der Waals surface area contributed by atoms with Gasteiger partial charge in [0.2, 0.25) is 5.52 Å². The van der Waals surface area contributed by atoms with Crippen LogP contribution in [0.1, 0.15) is 25.8 Å². The van der Waals surface area contributed by atoms with Crippen molar-refractivity contribution in [3.05, 3.63) is 65.2 Å². The second-order valence-corrected chi connectivity index (χ2v) is 11.2. The largest absolute Gasteiger partial charge is 0.335 e. The SMILES string of the molecule is CCN1/C(=C/C(C)=C/c2sc3cc(I)ccc3[n+]2CC)Sc2cc(I)ccc21. The molecule has 0 bridgehead atoms. The van der Waals surface area contributed by atoms with E-state index in [2.05, 4.69) is 124 Å². The molecular formula is C22H21I2N2S2+. The number of aromatic nitrogens is 1. The number of thiazole rings is 1. The van der Waals surface area contributed by atoms with E-state index in [-0.39, 0.29) is 0 Å². The molecule has 0 atom stereocenters. The third-order valence-corrected chi connectivity index (χ3v) is 8.25. The van der Waals surface area contributed by atoms with Crippen LogP contribution >= 0.6 is 68.3 Å². The molecule has 144 valence electrons. The Kier molecular flexibility index (Phi) is 6.39. The molecule has 4 rings (SSSR count). The predicted octanol–water partition coefficient (Wildman–Crippen LogP) is 7.29. The van der Waals surface area contributed by atoms with E-state index >= 15 is 0 Å². The monoisotopic (exact) mass is 631 g/mol. The fourth-order valence-corrected chi connectivity index (χ4v) is 7.41. The number of thioether (sulfide) groups is 1. The van der Waals surface area contributed by atoms with Gasteiger partial charge in [0.05, 0.1) is 10.7 Å². The summed E-state index contributed by atoms with van der Waals surface area (Å²) in [6, 6.07) is 13.4. The molecule has 0 saturated carbocycles. The molecule has 1 aliphatic heterocycles. The summed E-state index contributed by atoms with van der Waals surface area (Å²) in [5.41, 5.74) is 3.94. The fraction of sp³-hybridized carbons (Fsp3) is 0.227. The minimum Gasteiger partial charge on any atom is -0.335 e. The predicted molar refractivity (Wildman–Crippen MR) is 140 cm³/mol. The molecule has 0 saturated heterocycles. The van der Waals surface area contributed by atoms with Crippen molar-refractivity contribution < 1.29 is 4.57 Å². The highest BCUT2D eigenvalue weighted by Crippen LogP contribution is 2.46. The van der Waals surface area contributed by atoms with Gasteiger partial charge in [-0.3, -0.25) is 0 Å². The van der Waals surface area contributed by atoms with Crippen molar-refractivity contribution in [2.45, 2.75) is 32.2 Å². The van der Waals surface area contributed by atoms with Crippen molar-refractivity contribution in [1.29, 1.82) is 0 Å². The fourth-order valence-electron chi connectivity index (χ4n) is 3.46. The molecule has 1 aromatic heterocycles. The van der Waals surface area contributed by atoms with Gasteiger partial charge in [-0.15, -0.1) is 0 Å². The van der Waals surface area contributed by atoms with Gasteiger partial charge >= 0.3 is 0 Å². The Bertz CT molecular complexity index is 1120. The molecule has 0 fully saturated rings. The molecule has 0 aliphatic carbocycles. The first kappa shape index (κ1) is 20.7. The van der Waals surface area contributed by atoms with Gasteiger partial charge in [-0.25, -0.2) is 0 Å². The van der Waals surface area contributed by atoms with Crippen LogP contribution in [0.25, 0.3) is 16.3 Å². The van der Waals surface area contributed by atoms with Gasteiger partial charge in [-0.05, 0) is 108 Å². The molecule has 0 amide bonds. The lowest BCUT2D eigenvalue weighted by Crippen LogP contribution is -2.33. The summed E-state index contributed by atoms with van der Waals surface area (Å²) in [5, 5.41) is 2.62. The van der Waals surface area contributed by atoms with Crippen LogP contribution in [-0.4, -0.2) is 6.54 Å². The van der Waals surface area contributed by atoms with Gasteiger partial charge in [-0.2, -0.15) is 4.57 Å².